The van der Waals surface area contributed by atoms with Gasteiger partial charge < -0.3 is 9.47 Å². The van der Waals surface area contributed by atoms with Crippen LogP contribution < -0.4 is 9.47 Å². The molecule has 0 radical (unpaired) electrons. The molecule has 3 nitrogen and oxygen atoms in total. The average Bonchev–Trinajstić information content (AvgIpc) is 2.49. The molecule has 0 saturated heterocycles. The van der Waals surface area contributed by atoms with Crippen molar-refractivity contribution in [1.82, 2.24) is 0 Å². The molecule has 0 unspecified atom stereocenters. The Morgan fingerprint density at radius 3 is 2.43 bits per heavy atom. The van der Waals surface area contributed by atoms with E-state index in [1.54, 1.807) is 12.1 Å². The number of carbonyl (C=O) groups excluding carboxylic acids is 1. The van der Waals surface area contributed by atoms with Crippen LogP contribution in [0.15, 0.2) is 40.9 Å². The molecule has 0 bridgehead atoms. The summed E-state index contributed by atoms with van der Waals surface area (Å²) in [5.74, 6) is 1.14. The summed E-state index contributed by atoms with van der Waals surface area (Å²) in [6, 6.07) is 10.8. The standard InChI is InChI=1S/C16H14BrClO3/c1-2-20-15-7-12(9-19)14(17)8-16(15)21-10-11-3-5-13(18)6-4-11/h3-9H,2,10H2,1H3. The van der Waals surface area contributed by atoms with Crippen LogP contribution in [0, 0.1) is 0 Å². The lowest BCUT2D eigenvalue weighted by atomic mass is 10.2. The van der Waals surface area contributed by atoms with Gasteiger partial charge in [0.2, 0.25) is 0 Å². The molecule has 0 spiro atoms. The average molecular weight is 370 g/mol. The largest absolute Gasteiger partial charge is 0.490 e. The summed E-state index contributed by atoms with van der Waals surface area (Å²) in [6.07, 6.45) is 0.773. The van der Waals surface area contributed by atoms with E-state index in [0.29, 0.717) is 39.8 Å². The Balaban J connectivity index is 2.19. The molecule has 2 aromatic rings. The number of halogens is 2. The van der Waals surface area contributed by atoms with Crippen molar-refractivity contribution < 1.29 is 14.3 Å². The van der Waals surface area contributed by atoms with Crippen molar-refractivity contribution in [3.63, 3.8) is 0 Å². The van der Waals surface area contributed by atoms with E-state index in [1.165, 1.54) is 0 Å². The third kappa shape index (κ3) is 4.22. The highest BCUT2D eigenvalue weighted by atomic mass is 79.9. The molecule has 0 aliphatic carbocycles. The molecule has 0 atom stereocenters. The van der Waals surface area contributed by atoms with Gasteiger partial charge in [0.1, 0.15) is 6.61 Å². The first-order valence-electron chi connectivity index (χ1n) is 6.42. The predicted molar refractivity (Wildman–Crippen MR) is 86.5 cm³/mol. The van der Waals surface area contributed by atoms with Gasteiger partial charge in [-0.15, -0.1) is 0 Å². The highest BCUT2D eigenvalue weighted by molar-refractivity contribution is 9.10. The first-order valence-corrected chi connectivity index (χ1v) is 7.60. The van der Waals surface area contributed by atoms with Crippen LogP contribution in [0.4, 0.5) is 0 Å². The molecule has 0 fully saturated rings. The topological polar surface area (TPSA) is 35.5 Å². The Bertz CT molecular complexity index is 626. The molecular formula is C16H14BrClO3. The smallest absolute Gasteiger partial charge is 0.162 e. The van der Waals surface area contributed by atoms with Crippen molar-refractivity contribution in [3.8, 4) is 11.5 Å². The molecule has 0 heterocycles. The van der Waals surface area contributed by atoms with Gasteiger partial charge in [-0.05, 0) is 52.7 Å². The zero-order valence-corrected chi connectivity index (χ0v) is 13.8. The molecule has 110 valence electrons. The third-order valence-corrected chi connectivity index (χ3v) is 3.74. The Morgan fingerprint density at radius 1 is 1.14 bits per heavy atom. The lowest BCUT2D eigenvalue weighted by Crippen LogP contribution is -2.01. The zero-order chi connectivity index (χ0) is 15.2. The Morgan fingerprint density at radius 2 is 1.81 bits per heavy atom. The summed E-state index contributed by atoms with van der Waals surface area (Å²) in [5.41, 5.74) is 1.52. The van der Waals surface area contributed by atoms with Gasteiger partial charge in [0, 0.05) is 15.1 Å². The maximum absolute atomic E-state index is 11.0. The molecule has 0 aliphatic rings. The van der Waals surface area contributed by atoms with Crippen LogP contribution in [0.5, 0.6) is 11.5 Å². The Hall–Kier alpha value is -1.52. The van der Waals surface area contributed by atoms with E-state index in [-0.39, 0.29) is 0 Å². The van der Waals surface area contributed by atoms with Gasteiger partial charge in [-0.3, -0.25) is 4.79 Å². The number of ether oxygens (including phenoxy) is 2. The molecule has 0 amide bonds. The monoisotopic (exact) mass is 368 g/mol. The van der Waals surface area contributed by atoms with Crippen LogP contribution in [-0.4, -0.2) is 12.9 Å². The second kappa shape index (κ2) is 7.48. The van der Waals surface area contributed by atoms with E-state index in [4.69, 9.17) is 21.1 Å². The van der Waals surface area contributed by atoms with Crippen LogP contribution in [0.1, 0.15) is 22.8 Å². The summed E-state index contributed by atoms with van der Waals surface area (Å²) >= 11 is 9.19. The van der Waals surface area contributed by atoms with Gasteiger partial charge in [0.25, 0.3) is 0 Å². The lowest BCUT2D eigenvalue weighted by Gasteiger charge is -2.13. The Kier molecular flexibility index (Phi) is 5.65. The van der Waals surface area contributed by atoms with Crippen LogP contribution in [0.2, 0.25) is 5.02 Å². The molecule has 0 aliphatic heterocycles. The number of benzene rings is 2. The number of carbonyl (C=O) groups is 1. The van der Waals surface area contributed by atoms with E-state index in [0.717, 1.165) is 11.8 Å². The number of rotatable bonds is 6. The first-order chi connectivity index (χ1) is 10.1. The fourth-order valence-electron chi connectivity index (χ4n) is 1.76. The SMILES string of the molecule is CCOc1cc(C=O)c(Br)cc1OCc1ccc(Cl)cc1. The van der Waals surface area contributed by atoms with Gasteiger partial charge in [0.05, 0.1) is 6.61 Å². The predicted octanol–water partition coefficient (Wildman–Crippen LogP) is 4.89. The summed E-state index contributed by atoms with van der Waals surface area (Å²) in [5, 5.41) is 0.687. The maximum atomic E-state index is 11.0. The first kappa shape index (κ1) is 15.9. The second-order valence-corrected chi connectivity index (χ2v) is 5.58. The fourth-order valence-corrected chi connectivity index (χ4v) is 2.31. The van der Waals surface area contributed by atoms with Crippen LogP contribution in [0.25, 0.3) is 0 Å². The highest BCUT2D eigenvalue weighted by Gasteiger charge is 2.10. The van der Waals surface area contributed by atoms with Gasteiger partial charge in [0.15, 0.2) is 17.8 Å². The normalized spacial score (nSPS) is 10.2. The van der Waals surface area contributed by atoms with Gasteiger partial charge in [-0.1, -0.05) is 23.7 Å². The number of hydrogen-bond donors (Lipinski definition) is 0. The summed E-state index contributed by atoms with van der Waals surface area (Å²) in [6.45, 7) is 2.77. The van der Waals surface area contributed by atoms with Gasteiger partial charge in [-0.25, -0.2) is 0 Å². The Labute approximate surface area is 137 Å². The van der Waals surface area contributed by atoms with E-state index < -0.39 is 0 Å². The van der Waals surface area contributed by atoms with Crippen molar-refractivity contribution >= 4 is 33.8 Å². The van der Waals surface area contributed by atoms with Crippen LogP contribution in [-0.2, 0) is 6.61 Å². The van der Waals surface area contributed by atoms with Crippen molar-refractivity contribution in [1.29, 1.82) is 0 Å². The minimum Gasteiger partial charge on any atom is -0.490 e. The third-order valence-electron chi connectivity index (χ3n) is 2.80. The van der Waals surface area contributed by atoms with Crippen molar-refractivity contribution in [2.24, 2.45) is 0 Å². The van der Waals surface area contributed by atoms with Crippen molar-refractivity contribution in [3.05, 3.63) is 57.0 Å². The molecule has 0 N–H and O–H groups in total. The van der Waals surface area contributed by atoms with Crippen molar-refractivity contribution in [2.45, 2.75) is 13.5 Å². The zero-order valence-electron chi connectivity index (χ0n) is 11.4. The molecule has 5 heteroatoms. The molecule has 0 saturated carbocycles. The van der Waals surface area contributed by atoms with Crippen molar-refractivity contribution in [2.75, 3.05) is 6.61 Å². The van der Waals surface area contributed by atoms with E-state index in [9.17, 15) is 4.79 Å². The molecule has 2 rings (SSSR count). The highest BCUT2D eigenvalue weighted by Crippen LogP contribution is 2.33. The summed E-state index contributed by atoms with van der Waals surface area (Å²) in [7, 11) is 0. The van der Waals surface area contributed by atoms with Gasteiger partial charge >= 0.3 is 0 Å². The minimum absolute atomic E-state index is 0.393. The molecule has 21 heavy (non-hydrogen) atoms. The fraction of sp³-hybridized carbons (Fsp3) is 0.188. The van der Waals surface area contributed by atoms with Gasteiger partial charge in [-0.2, -0.15) is 0 Å². The van der Waals surface area contributed by atoms with Crippen LogP contribution >= 0.6 is 27.5 Å². The van der Waals surface area contributed by atoms with E-state index >= 15 is 0 Å². The van der Waals surface area contributed by atoms with E-state index in [2.05, 4.69) is 15.9 Å². The minimum atomic E-state index is 0.393. The lowest BCUT2D eigenvalue weighted by molar-refractivity contribution is 0.112. The number of aldehydes is 1. The second-order valence-electron chi connectivity index (χ2n) is 4.29. The maximum Gasteiger partial charge on any atom is 0.162 e. The quantitative estimate of drug-likeness (QED) is 0.680. The van der Waals surface area contributed by atoms with Crippen LogP contribution in [0.3, 0.4) is 0 Å². The number of hydrogen-bond acceptors (Lipinski definition) is 3. The van der Waals surface area contributed by atoms with E-state index in [1.807, 2.05) is 31.2 Å². The molecule has 2 aromatic carbocycles. The molecular weight excluding hydrogens is 356 g/mol. The summed E-state index contributed by atoms with van der Waals surface area (Å²) in [4.78, 5) is 11.0. The summed E-state index contributed by atoms with van der Waals surface area (Å²) < 4.78 is 12.0. The molecule has 0 aromatic heterocycles.